The summed E-state index contributed by atoms with van der Waals surface area (Å²) in [6, 6.07) is 7.25. The van der Waals surface area contributed by atoms with Crippen molar-refractivity contribution in [3.05, 3.63) is 47.8 Å². The van der Waals surface area contributed by atoms with Gasteiger partial charge in [-0.3, -0.25) is 14.7 Å². The molecule has 0 bridgehead atoms. The SMILES string of the molecule is O=C(NCCc1cn[nH]c1)c1ccc(OC2CCN(C(=O)C3CC3)CC2)cc1. The lowest BCUT2D eigenvalue weighted by Gasteiger charge is -2.32. The van der Waals surface area contributed by atoms with E-state index in [1.165, 1.54) is 0 Å². The fourth-order valence-electron chi connectivity index (χ4n) is 3.50. The van der Waals surface area contributed by atoms with Crippen molar-refractivity contribution in [2.45, 2.75) is 38.2 Å². The Morgan fingerprint density at radius 1 is 1.14 bits per heavy atom. The van der Waals surface area contributed by atoms with E-state index in [9.17, 15) is 9.59 Å². The van der Waals surface area contributed by atoms with E-state index in [4.69, 9.17) is 4.74 Å². The molecule has 2 heterocycles. The largest absolute Gasteiger partial charge is 0.490 e. The predicted octanol–water partition coefficient (Wildman–Crippen LogP) is 2.16. The molecule has 2 amide bonds. The molecule has 1 saturated carbocycles. The lowest BCUT2D eigenvalue weighted by atomic mass is 10.1. The Hall–Kier alpha value is -2.83. The molecule has 1 aromatic heterocycles. The molecule has 28 heavy (non-hydrogen) atoms. The van der Waals surface area contributed by atoms with E-state index in [1.807, 2.05) is 23.2 Å². The van der Waals surface area contributed by atoms with Crippen molar-refractivity contribution < 1.29 is 14.3 Å². The number of H-pyrrole nitrogens is 1. The fraction of sp³-hybridized carbons (Fsp3) is 0.476. The van der Waals surface area contributed by atoms with Gasteiger partial charge in [0.25, 0.3) is 5.91 Å². The first-order chi connectivity index (χ1) is 13.7. The van der Waals surface area contributed by atoms with E-state index in [2.05, 4.69) is 15.5 Å². The summed E-state index contributed by atoms with van der Waals surface area (Å²) in [5.41, 5.74) is 1.68. The van der Waals surface area contributed by atoms with Crippen molar-refractivity contribution in [1.29, 1.82) is 0 Å². The van der Waals surface area contributed by atoms with Gasteiger partial charge in [-0.1, -0.05) is 0 Å². The number of likely N-dealkylation sites (tertiary alicyclic amines) is 1. The van der Waals surface area contributed by atoms with Gasteiger partial charge in [0.05, 0.1) is 6.20 Å². The molecule has 1 aliphatic carbocycles. The lowest BCUT2D eigenvalue weighted by Crippen LogP contribution is -2.42. The smallest absolute Gasteiger partial charge is 0.251 e. The molecule has 0 atom stereocenters. The van der Waals surface area contributed by atoms with Gasteiger partial charge < -0.3 is 15.0 Å². The molecule has 4 rings (SSSR count). The average molecular weight is 382 g/mol. The van der Waals surface area contributed by atoms with Gasteiger partial charge >= 0.3 is 0 Å². The molecule has 0 unspecified atom stereocenters. The van der Waals surface area contributed by atoms with Gasteiger partial charge in [-0.05, 0) is 49.1 Å². The summed E-state index contributed by atoms with van der Waals surface area (Å²) in [5, 5.41) is 9.56. The number of hydrogen-bond donors (Lipinski definition) is 2. The van der Waals surface area contributed by atoms with Crippen LogP contribution in [0.3, 0.4) is 0 Å². The zero-order valence-electron chi connectivity index (χ0n) is 15.9. The van der Waals surface area contributed by atoms with Gasteiger partial charge in [0.2, 0.25) is 5.91 Å². The van der Waals surface area contributed by atoms with Crippen LogP contribution >= 0.6 is 0 Å². The summed E-state index contributed by atoms with van der Waals surface area (Å²) in [6.45, 7) is 2.11. The van der Waals surface area contributed by atoms with E-state index >= 15 is 0 Å². The maximum atomic E-state index is 12.2. The normalized spacial score (nSPS) is 17.4. The molecular formula is C21H26N4O3. The topological polar surface area (TPSA) is 87.3 Å². The van der Waals surface area contributed by atoms with Gasteiger partial charge in [0.1, 0.15) is 11.9 Å². The standard InChI is InChI=1S/C21H26N4O3/c26-20(22-10-7-15-13-23-24-14-15)16-3-5-18(6-4-16)28-19-8-11-25(12-9-19)21(27)17-1-2-17/h3-6,13-14,17,19H,1-2,7-12H2,(H,22,26)(H,23,24). The van der Waals surface area contributed by atoms with Crippen LogP contribution in [0, 0.1) is 5.92 Å². The summed E-state index contributed by atoms with van der Waals surface area (Å²) < 4.78 is 6.04. The zero-order chi connectivity index (χ0) is 19.3. The van der Waals surface area contributed by atoms with Crippen LogP contribution in [0.2, 0.25) is 0 Å². The van der Waals surface area contributed by atoms with Crippen LogP contribution in [0.4, 0.5) is 0 Å². The van der Waals surface area contributed by atoms with E-state index in [0.29, 0.717) is 18.0 Å². The quantitative estimate of drug-likeness (QED) is 0.768. The third-order valence-corrected chi connectivity index (χ3v) is 5.35. The second-order valence-electron chi connectivity index (χ2n) is 7.55. The van der Waals surface area contributed by atoms with E-state index in [0.717, 1.165) is 56.5 Å². The highest BCUT2D eigenvalue weighted by atomic mass is 16.5. The molecule has 7 heteroatoms. The van der Waals surface area contributed by atoms with Crippen LogP contribution < -0.4 is 10.1 Å². The van der Waals surface area contributed by atoms with Gasteiger partial charge in [-0.2, -0.15) is 5.10 Å². The van der Waals surface area contributed by atoms with Crippen LogP contribution in [-0.2, 0) is 11.2 Å². The van der Waals surface area contributed by atoms with Crippen LogP contribution in [0.15, 0.2) is 36.7 Å². The van der Waals surface area contributed by atoms with Crippen molar-refractivity contribution in [2.75, 3.05) is 19.6 Å². The summed E-state index contributed by atoms with van der Waals surface area (Å²) in [4.78, 5) is 26.3. The number of amides is 2. The van der Waals surface area contributed by atoms with Crippen LogP contribution in [0.1, 0.15) is 41.6 Å². The molecule has 1 aromatic carbocycles. The van der Waals surface area contributed by atoms with Gasteiger partial charge in [0, 0.05) is 50.2 Å². The maximum Gasteiger partial charge on any atom is 0.251 e. The minimum atomic E-state index is -0.0954. The highest BCUT2D eigenvalue weighted by Crippen LogP contribution is 2.32. The molecular weight excluding hydrogens is 356 g/mol. The van der Waals surface area contributed by atoms with Gasteiger partial charge in [-0.15, -0.1) is 0 Å². The van der Waals surface area contributed by atoms with Crippen molar-refractivity contribution in [3.8, 4) is 5.75 Å². The molecule has 148 valence electrons. The Morgan fingerprint density at radius 2 is 1.89 bits per heavy atom. The summed E-state index contributed by atoms with van der Waals surface area (Å²) in [7, 11) is 0. The number of rotatable bonds is 7. The van der Waals surface area contributed by atoms with Gasteiger partial charge in [0.15, 0.2) is 0 Å². The highest BCUT2D eigenvalue weighted by molar-refractivity contribution is 5.94. The van der Waals surface area contributed by atoms with Crippen molar-refractivity contribution in [3.63, 3.8) is 0 Å². The first kappa shape index (κ1) is 18.5. The summed E-state index contributed by atoms with van der Waals surface area (Å²) in [6.07, 6.45) is 8.26. The number of aromatic nitrogens is 2. The van der Waals surface area contributed by atoms with Crippen molar-refractivity contribution >= 4 is 11.8 Å². The minimum absolute atomic E-state index is 0.0954. The second kappa shape index (κ2) is 8.46. The Bertz CT molecular complexity index is 792. The fourth-order valence-corrected chi connectivity index (χ4v) is 3.50. The predicted molar refractivity (Wildman–Crippen MR) is 104 cm³/mol. The number of carbonyl (C=O) groups is 2. The van der Waals surface area contributed by atoms with Crippen LogP contribution in [0.5, 0.6) is 5.75 Å². The third kappa shape index (κ3) is 4.71. The summed E-state index contributed by atoms with van der Waals surface area (Å²) >= 11 is 0. The van der Waals surface area contributed by atoms with Gasteiger partial charge in [-0.25, -0.2) is 0 Å². The maximum absolute atomic E-state index is 12.2. The first-order valence-electron chi connectivity index (χ1n) is 10.0. The number of carbonyl (C=O) groups excluding carboxylic acids is 2. The monoisotopic (exact) mass is 382 g/mol. The number of piperidine rings is 1. The molecule has 0 radical (unpaired) electrons. The minimum Gasteiger partial charge on any atom is -0.490 e. The molecule has 2 N–H and O–H groups in total. The molecule has 2 aliphatic rings. The number of nitrogens with zero attached hydrogens (tertiary/aromatic N) is 2. The number of ether oxygens (including phenoxy) is 1. The lowest BCUT2D eigenvalue weighted by molar-refractivity contribution is -0.134. The Morgan fingerprint density at radius 3 is 2.54 bits per heavy atom. The van der Waals surface area contributed by atoms with E-state index in [1.54, 1.807) is 18.3 Å². The number of benzene rings is 1. The van der Waals surface area contributed by atoms with E-state index in [-0.39, 0.29) is 17.9 Å². The molecule has 1 saturated heterocycles. The molecule has 2 fully saturated rings. The second-order valence-corrected chi connectivity index (χ2v) is 7.55. The Kier molecular flexibility index (Phi) is 5.60. The Labute approximate surface area is 164 Å². The average Bonchev–Trinajstić information content (AvgIpc) is 3.45. The van der Waals surface area contributed by atoms with Crippen LogP contribution in [0.25, 0.3) is 0 Å². The number of aromatic amines is 1. The molecule has 0 spiro atoms. The van der Waals surface area contributed by atoms with E-state index < -0.39 is 0 Å². The number of nitrogens with one attached hydrogen (secondary N) is 2. The Balaban J connectivity index is 1.21. The van der Waals surface area contributed by atoms with Crippen LogP contribution in [-0.4, -0.2) is 52.6 Å². The first-order valence-corrected chi connectivity index (χ1v) is 10.0. The van der Waals surface area contributed by atoms with Crippen molar-refractivity contribution in [2.24, 2.45) is 5.92 Å². The molecule has 7 nitrogen and oxygen atoms in total. The molecule has 2 aromatic rings. The van der Waals surface area contributed by atoms with Crippen molar-refractivity contribution in [1.82, 2.24) is 20.4 Å². The highest BCUT2D eigenvalue weighted by Gasteiger charge is 2.35. The third-order valence-electron chi connectivity index (χ3n) is 5.35. The summed E-state index contributed by atoms with van der Waals surface area (Å²) in [5.74, 6) is 1.28. The zero-order valence-corrected chi connectivity index (χ0v) is 15.9. The molecule has 1 aliphatic heterocycles. The number of hydrogen-bond acceptors (Lipinski definition) is 4.